The molecule has 3 nitrogen and oxygen atoms in total. The number of carbonyl (C=O) groups is 1. The van der Waals surface area contributed by atoms with Gasteiger partial charge in [-0.25, -0.2) is 0 Å². The van der Waals surface area contributed by atoms with E-state index in [1.165, 1.54) is 7.11 Å². The van der Waals surface area contributed by atoms with Gasteiger partial charge in [0.05, 0.1) is 13.0 Å². The Morgan fingerprint density at radius 2 is 1.63 bits per heavy atom. The lowest BCUT2D eigenvalue weighted by Crippen LogP contribution is -2.22. The molecule has 0 radical (unpaired) electrons. The van der Waals surface area contributed by atoms with Gasteiger partial charge in [-0.3, -0.25) is 4.79 Å². The smallest absolute Gasteiger partial charge is 0.314 e. The average Bonchev–Trinajstić information content (AvgIpc) is 2.49. The van der Waals surface area contributed by atoms with Crippen molar-refractivity contribution in [3.8, 4) is 0 Å². The molecule has 2 aromatic carbocycles. The monoisotopic (exact) mass is 255 g/mol. The second-order valence-corrected chi connectivity index (χ2v) is 4.23. The molecule has 0 saturated heterocycles. The first-order chi connectivity index (χ1) is 9.31. The highest BCUT2D eigenvalue weighted by Gasteiger charge is 2.20. The zero-order chi connectivity index (χ0) is 13.5. The van der Waals surface area contributed by atoms with Gasteiger partial charge in [0.1, 0.15) is 0 Å². The number of anilines is 1. The number of benzene rings is 2. The molecule has 0 aromatic heterocycles. The lowest BCUT2D eigenvalue weighted by molar-refractivity contribution is -0.142. The van der Waals surface area contributed by atoms with Crippen molar-refractivity contribution in [1.29, 1.82) is 0 Å². The van der Waals surface area contributed by atoms with Crippen molar-refractivity contribution in [1.82, 2.24) is 0 Å². The molecule has 0 aliphatic rings. The molecule has 0 bridgehead atoms. The Labute approximate surface area is 113 Å². The van der Waals surface area contributed by atoms with E-state index in [-0.39, 0.29) is 11.9 Å². The molecule has 19 heavy (non-hydrogen) atoms. The molecule has 1 unspecified atom stereocenters. The van der Waals surface area contributed by atoms with Crippen LogP contribution in [0.2, 0.25) is 0 Å². The summed E-state index contributed by atoms with van der Waals surface area (Å²) in [6.07, 6.45) is 0. The summed E-state index contributed by atoms with van der Waals surface area (Å²) >= 11 is 0. The molecule has 0 saturated carbocycles. The summed E-state index contributed by atoms with van der Waals surface area (Å²) in [6, 6.07) is 19.5. The van der Waals surface area contributed by atoms with E-state index in [9.17, 15) is 4.79 Å². The van der Waals surface area contributed by atoms with E-state index < -0.39 is 0 Å². The first kappa shape index (κ1) is 13.1. The molecule has 0 aliphatic heterocycles. The van der Waals surface area contributed by atoms with Crippen molar-refractivity contribution >= 4 is 11.7 Å². The Bertz CT molecular complexity index is 511. The van der Waals surface area contributed by atoms with E-state index in [4.69, 9.17) is 4.74 Å². The number of ether oxygens (including phenoxy) is 1. The highest BCUT2D eigenvalue weighted by molar-refractivity contribution is 5.78. The standard InChI is InChI=1S/C16H17NO2/c1-19-16(18)15(13-8-4-2-5-9-13)12-17-14-10-6-3-7-11-14/h2-11,15,17H,12H2,1H3. The van der Waals surface area contributed by atoms with Crippen LogP contribution in [0.1, 0.15) is 11.5 Å². The SMILES string of the molecule is COC(=O)C(CNc1ccccc1)c1ccccc1. The van der Waals surface area contributed by atoms with Gasteiger partial charge < -0.3 is 10.1 Å². The van der Waals surface area contributed by atoms with Gasteiger partial charge in [0.25, 0.3) is 0 Å². The van der Waals surface area contributed by atoms with Gasteiger partial charge in [-0.1, -0.05) is 48.5 Å². The number of methoxy groups -OCH3 is 1. The Balaban J connectivity index is 2.09. The van der Waals surface area contributed by atoms with Crippen molar-refractivity contribution in [2.45, 2.75) is 5.92 Å². The maximum Gasteiger partial charge on any atom is 0.314 e. The van der Waals surface area contributed by atoms with Crippen molar-refractivity contribution in [3.63, 3.8) is 0 Å². The predicted molar refractivity (Wildman–Crippen MR) is 76.1 cm³/mol. The topological polar surface area (TPSA) is 38.3 Å². The third-order valence-electron chi connectivity index (χ3n) is 2.97. The second-order valence-electron chi connectivity index (χ2n) is 4.23. The summed E-state index contributed by atoms with van der Waals surface area (Å²) in [5.74, 6) is -0.527. The van der Waals surface area contributed by atoms with E-state index in [0.29, 0.717) is 6.54 Å². The number of esters is 1. The second kappa shape index (κ2) is 6.59. The minimum Gasteiger partial charge on any atom is -0.468 e. The van der Waals surface area contributed by atoms with Crippen LogP contribution < -0.4 is 5.32 Å². The van der Waals surface area contributed by atoms with Crippen LogP contribution in [0.4, 0.5) is 5.69 Å². The highest BCUT2D eigenvalue weighted by atomic mass is 16.5. The summed E-state index contributed by atoms with van der Waals surface area (Å²) in [4.78, 5) is 11.9. The van der Waals surface area contributed by atoms with Crippen molar-refractivity contribution in [2.24, 2.45) is 0 Å². The normalized spacial score (nSPS) is 11.6. The van der Waals surface area contributed by atoms with Crippen LogP contribution in [0.25, 0.3) is 0 Å². The number of rotatable bonds is 5. The molecule has 0 fully saturated rings. The predicted octanol–water partition coefficient (Wildman–Crippen LogP) is 3.06. The van der Waals surface area contributed by atoms with Gasteiger partial charge in [-0.15, -0.1) is 0 Å². The quantitative estimate of drug-likeness (QED) is 0.834. The molecule has 1 N–H and O–H groups in total. The molecule has 2 rings (SSSR count). The molecule has 0 aliphatic carbocycles. The number of nitrogens with one attached hydrogen (secondary N) is 1. The fourth-order valence-electron chi connectivity index (χ4n) is 1.94. The summed E-state index contributed by atoms with van der Waals surface area (Å²) in [5, 5.41) is 3.26. The van der Waals surface area contributed by atoms with E-state index >= 15 is 0 Å². The Kier molecular flexibility index (Phi) is 4.56. The lowest BCUT2D eigenvalue weighted by atomic mass is 9.99. The molecule has 3 heteroatoms. The van der Waals surface area contributed by atoms with Gasteiger partial charge in [0.2, 0.25) is 0 Å². The molecule has 0 amide bonds. The van der Waals surface area contributed by atoms with Gasteiger partial charge in [0.15, 0.2) is 0 Å². The summed E-state index contributed by atoms with van der Waals surface area (Å²) in [5.41, 5.74) is 1.95. The third kappa shape index (κ3) is 3.58. The number of hydrogen-bond acceptors (Lipinski definition) is 3. The Hall–Kier alpha value is -2.29. The van der Waals surface area contributed by atoms with Crippen LogP contribution in [-0.2, 0) is 9.53 Å². The van der Waals surface area contributed by atoms with Gasteiger partial charge in [0, 0.05) is 12.2 Å². The van der Waals surface area contributed by atoms with Gasteiger partial charge >= 0.3 is 5.97 Å². The van der Waals surface area contributed by atoms with E-state index in [2.05, 4.69) is 5.32 Å². The van der Waals surface area contributed by atoms with Crippen LogP contribution in [0.5, 0.6) is 0 Å². The first-order valence-corrected chi connectivity index (χ1v) is 6.23. The van der Waals surface area contributed by atoms with Gasteiger partial charge in [-0.05, 0) is 17.7 Å². The minimum absolute atomic E-state index is 0.227. The van der Waals surface area contributed by atoms with E-state index in [0.717, 1.165) is 11.3 Å². The van der Waals surface area contributed by atoms with Crippen molar-refractivity contribution in [2.75, 3.05) is 19.0 Å². The van der Waals surface area contributed by atoms with E-state index in [1.807, 2.05) is 60.7 Å². The van der Waals surface area contributed by atoms with E-state index in [1.54, 1.807) is 0 Å². The van der Waals surface area contributed by atoms with Gasteiger partial charge in [-0.2, -0.15) is 0 Å². The van der Waals surface area contributed by atoms with Crippen LogP contribution in [0, 0.1) is 0 Å². The van der Waals surface area contributed by atoms with Crippen molar-refractivity contribution < 1.29 is 9.53 Å². The molecular weight excluding hydrogens is 238 g/mol. The summed E-state index contributed by atoms with van der Waals surface area (Å²) in [6.45, 7) is 0.515. The fraction of sp³-hybridized carbons (Fsp3) is 0.188. The molecule has 0 spiro atoms. The van der Waals surface area contributed by atoms with Crippen LogP contribution in [0.15, 0.2) is 60.7 Å². The average molecular weight is 255 g/mol. The molecular formula is C16H17NO2. The maximum absolute atomic E-state index is 11.9. The van der Waals surface area contributed by atoms with Crippen LogP contribution >= 0.6 is 0 Å². The third-order valence-corrected chi connectivity index (χ3v) is 2.97. The maximum atomic E-state index is 11.9. The zero-order valence-corrected chi connectivity index (χ0v) is 10.9. The molecule has 2 aromatic rings. The lowest BCUT2D eigenvalue weighted by Gasteiger charge is -2.16. The molecule has 0 heterocycles. The fourth-order valence-corrected chi connectivity index (χ4v) is 1.94. The van der Waals surface area contributed by atoms with Crippen molar-refractivity contribution in [3.05, 3.63) is 66.2 Å². The minimum atomic E-state index is -0.300. The largest absolute Gasteiger partial charge is 0.468 e. The summed E-state index contributed by atoms with van der Waals surface area (Å²) < 4.78 is 4.88. The Morgan fingerprint density at radius 1 is 1.05 bits per heavy atom. The number of hydrogen-bond donors (Lipinski definition) is 1. The number of carbonyl (C=O) groups excluding carboxylic acids is 1. The highest BCUT2D eigenvalue weighted by Crippen LogP contribution is 2.18. The van der Waals surface area contributed by atoms with Crippen LogP contribution in [-0.4, -0.2) is 19.6 Å². The van der Waals surface area contributed by atoms with Crippen LogP contribution in [0.3, 0.4) is 0 Å². The molecule has 98 valence electrons. The zero-order valence-electron chi connectivity index (χ0n) is 10.9. The summed E-state index contributed by atoms with van der Waals surface area (Å²) in [7, 11) is 1.42. The first-order valence-electron chi connectivity index (χ1n) is 6.23. The molecule has 1 atom stereocenters. The Morgan fingerprint density at radius 3 is 2.21 bits per heavy atom. The number of para-hydroxylation sites is 1.